The number of nitrogens with zero attached hydrogens (tertiary/aromatic N) is 2. The Morgan fingerprint density at radius 2 is 2.05 bits per heavy atom. The van der Waals surface area contributed by atoms with E-state index >= 15 is 0 Å². The van der Waals surface area contributed by atoms with Crippen LogP contribution in [-0.2, 0) is 11.0 Å². The Morgan fingerprint density at radius 1 is 1.33 bits per heavy atom. The fourth-order valence-corrected chi connectivity index (χ4v) is 1.40. The molecular formula is C11H17F3N6O. The van der Waals surface area contributed by atoms with Crippen molar-refractivity contribution in [1.29, 1.82) is 0 Å². The Bertz CT molecular complexity index is 480. The lowest BCUT2D eigenvalue weighted by molar-refractivity contribution is -0.141. The molecule has 0 atom stereocenters. The maximum absolute atomic E-state index is 12.6. The monoisotopic (exact) mass is 306 g/mol. The minimum absolute atomic E-state index is 0.0615. The minimum Gasteiger partial charge on any atom is -0.369 e. The predicted molar refractivity (Wildman–Crippen MR) is 71.3 cm³/mol. The molecule has 1 aromatic rings. The van der Waals surface area contributed by atoms with Gasteiger partial charge in [0.05, 0.1) is 0 Å². The lowest BCUT2D eigenvalue weighted by Crippen LogP contribution is -2.26. The SMILES string of the molecule is CCCNC(=O)CCNc1cc(C(F)(F)F)nc(NN)n1. The van der Waals surface area contributed by atoms with E-state index in [-0.39, 0.29) is 30.6 Å². The molecule has 1 amide bonds. The molecule has 1 rings (SSSR count). The molecule has 0 saturated heterocycles. The fourth-order valence-electron chi connectivity index (χ4n) is 1.40. The van der Waals surface area contributed by atoms with Gasteiger partial charge < -0.3 is 10.6 Å². The van der Waals surface area contributed by atoms with Crippen molar-refractivity contribution in [1.82, 2.24) is 15.3 Å². The van der Waals surface area contributed by atoms with E-state index in [0.29, 0.717) is 6.54 Å². The smallest absolute Gasteiger partial charge is 0.369 e. The molecule has 0 aromatic carbocycles. The van der Waals surface area contributed by atoms with Crippen molar-refractivity contribution >= 4 is 17.7 Å². The first kappa shape index (κ1) is 17.0. The molecular weight excluding hydrogens is 289 g/mol. The molecule has 1 aromatic heterocycles. The number of carbonyl (C=O) groups is 1. The Morgan fingerprint density at radius 3 is 2.62 bits per heavy atom. The van der Waals surface area contributed by atoms with Crippen molar-refractivity contribution in [2.75, 3.05) is 23.8 Å². The Balaban J connectivity index is 2.64. The van der Waals surface area contributed by atoms with E-state index in [9.17, 15) is 18.0 Å². The lowest BCUT2D eigenvalue weighted by atomic mass is 10.3. The summed E-state index contributed by atoms with van der Waals surface area (Å²) in [6.07, 6.45) is -3.67. The van der Waals surface area contributed by atoms with Crippen molar-refractivity contribution < 1.29 is 18.0 Å². The van der Waals surface area contributed by atoms with Crippen LogP contribution in [0, 0.1) is 0 Å². The van der Waals surface area contributed by atoms with Crippen molar-refractivity contribution in [3.8, 4) is 0 Å². The number of hydrogen-bond acceptors (Lipinski definition) is 6. The average Bonchev–Trinajstić information content (AvgIpc) is 2.43. The van der Waals surface area contributed by atoms with Crippen molar-refractivity contribution in [3.05, 3.63) is 11.8 Å². The van der Waals surface area contributed by atoms with Crippen LogP contribution in [0.4, 0.5) is 24.9 Å². The number of anilines is 2. The number of halogens is 3. The summed E-state index contributed by atoms with van der Waals surface area (Å²) in [4.78, 5) is 18.3. The third-order valence-electron chi connectivity index (χ3n) is 2.38. The highest BCUT2D eigenvalue weighted by Gasteiger charge is 2.33. The van der Waals surface area contributed by atoms with Gasteiger partial charge in [0.25, 0.3) is 0 Å². The zero-order valence-corrected chi connectivity index (χ0v) is 11.4. The van der Waals surface area contributed by atoms with Crippen molar-refractivity contribution in [2.24, 2.45) is 5.84 Å². The van der Waals surface area contributed by atoms with E-state index in [2.05, 4.69) is 20.6 Å². The molecule has 21 heavy (non-hydrogen) atoms. The highest BCUT2D eigenvalue weighted by molar-refractivity contribution is 5.76. The summed E-state index contributed by atoms with van der Waals surface area (Å²) in [6, 6.07) is 0.755. The summed E-state index contributed by atoms with van der Waals surface area (Å²) in [5.41, 5.74) is 0.844. The molecule has 0 spiro atoms. The van der Waals surface area contributed by atoms with Crippen molar-refractivity contribution in [2.45, 2.75) is 25.9 Å². The summed E-state index contributed by atoms with van der Waals surface area (Å²) in [5, 5.41) is 5.28. The molecule has 7 nitrogen and oxygen atoms in total. The second kappa shape index (κ2) is 7.62. The third-order valence-corrected chi connectivity index (χ3v) is 2.38. The first-order valence-corrected chi connectivity index (χ1v) is 6.30. The molecule has 0 saturated carbocycles. The van der Waals surface area contributed by atoms with Crippen LogP contribution >= 0.6 is 0 Å². The van der Waals surface area contributed by atoms with Crippen LogP contribution in [0.2, 0.25) is 0 Å². The molecule has 0 fully saturated rings. The molecule has 0 unspecified atom stereocenters. The van der Waals surface area contributed by atoms with Crippen molar-refractivity contribution in [3.63, 3.8) is 0 Å². The fraction of sp³-hybridized carbons (Fsp3) is 0.545. The van der Waals surface area contributed by atoms with Gasteiger partial charge in [0.2, 0.25) is 11.9 Å². The molecule has 10 heteroatoms. The van der Waals surface area contributed by atoms with Gasteiger partial charge >= 0.3 is 6.18 Å². The van der Waals surface area contributed by atoms with Crippen LogP contribution in [0.5, 0.6) is 0 Å². The van der Waals surface area contributed by atoms with E-state index in [4.69, 9.17) is 5.84 Å². The number of aromatic nitrogens is 2. The molecule has 0 bridgehead atoms. The zero-order chi connectivity index (χ0) is 15.9. The zero-order valence-electron chi connectivity index (χ0n) is 11.4. The quantitative estimate of drug-likeness (QED) is 0.444. The van der Waals surface area contributed by atoms with Crippen LogP contribution in [0.15, 0.2) is 6.07 Å². The number of amides is 1. The number of alkyl halides is 3. The van der Waals surface area contributed by atoms with Gasteiger partial charge in [-0.05, 0) is 6.42 Å². The number of hydrogen-bond donors (Lipinski definition) is 4. The Labute approximate surface area is 119 Å². The summed E-state index contributed by atoms with van der Waals surface area (Å²) in [5.74, 6) is 4.42. The first-order valence-electron chi connectivity index (χ1n) is 6.30. The van der Waals surface area contributed by atoms with Gasteiger partial charge in [0, 0.05) is 25.6 Å². The van der Waals surface area contributed by atoms with Gasteiger partial charge in [-0.1, -0.05) is 6.92 Å². The van der Waals surface area contributed by atoms with Gasteiger partial charge in [0.15, 0.2) is 5.69 Å². The number of nitrogens with one attached hydrogen (secondary N) is 3. The minimum atomic E-state index is -4.61. The van der Waals surface area contributed by atoms with E-state index in [1.807, 2.05) is 12.3 Å². The van der Waals surface area contributed by atoms with E-state index in [1.54, 1.807) is 0 Å². The molecule has 0 radical (unpaired) electrons. The lowest BCUT2D eigenvalue weighted by Gasteiger charge is -2.11. The Kier molecular flexibility index (Phi) is 6.15. The topological polar surface area (TPSA) is 105 Å². The Hall–Kier alpha value is -2.10. The highest BCUT2D eigenvalue weighted by atomic mass is 19.4. The number of hydrazine groups is 1. The van der Waals surface area contributed by atoms with Gasteiger partial charge in [-0.25, -0.2) is 10.8 Å². The molecule has 5 N–H and O–H groups in total. The maximum atomic E-state index is 12.6. The molecule has 0 aliphatic carbocycles. The van der Waals surface area contributed by atoms with E-state index in [0.717, 1.165) is 12.5 Å². The molecule has 0 aliphatic rings. The second-order valence-electron chi connectivity index (χ2n) is 4.13. The largest absolute Gasteiger partial charge is 0.433 e. The van der Waals surface area contributed by atoms with Crippen LogP contribution in [0.1, 0.15) is 25.5 Å². The summed E-state index contributed by atoms with van der Waals surface area (Å²) >= 11 is 0. The molecule has 0 aliphatic heterocycles. The first-order chi connectivity index (χ1) is 9.86. The summed E-state index contributed by atoms with van der Waals surface area (Å²) < 4.78 is 37.9. The highest BCUT2D eigenvalue weighted by Crippen LogP contribution is 2.29. The van der Waals surface area contributed by atoms with Gasteiger partial charge in [0.1, 0.15) is 5.82 Å². The molecule has 1 heterocycles. The summed E-state index contributed by atoms with van der Waals surface area (Å²) in [6.45, 7) is 2.62. The number of rotatable bonds is 7. The van der Waals surface area contributed by atoms with Crippen LogP contribution in [0.3, 0.4) is 0 Å². The summed E-state index contributed by atoms with van der Waals surface area (Å²) in [7, 11) is 0. The number of nitrogens with two attached hydrogens (primary N) is 1. The molecule has 118 valence electrons. The third kappa shape index (κ3) is 5.81. The number of carbonyl (C=O) groups excluding carboxylic acids is 1. The standard InChI is InChI=1S/C11H17F3N6O/c1-2-4-17-9(21)3-5-16-8-6-7(11(12,13)14)18-10(19-8)20-15/h6H,2-5,15H2,1H3,(H,17,21)(H2,16,18,19,20). The van der Waals surface area contributed by atoms with E-state index in [1.165, 1.54) is 0 Å². The second-order valence-corrected chi connectivity index (χ2v) is 4.13. The average molecular weight is 306 g/mol. The number of nitrogen functional groups attached to an aromatic ring is 1. The van der Waals surface area contributed by atoms with Crippen LogP contribution in [-0.4, -0.2) is 29.0 Å². The van der Waals surface area contributed by atoms with Gasteiger partial charge in [-0.3, -0.25) is 10.2 Å². The van der Waals surface area contributed by atoms with Crippen LogP contribution < -0.4 is 21.9 Å². The maximum Gasteiger partial charge on any atom is 0.433 e. The van der Waals surface area contributed by atoms with E-state index < -0.39 is 11.9 Å². The van der Waals surface area contributed by atoms with Gasteiger partial charge in [-0.15, -0.1) is 0 Å². The van der Waals surface area contributed by atoms with Gasteiger partial charge in [-0.2, -0.15) is 18.2 Å². The normalized spacial score (nSPS) is 11.1. The van der Waals surface area contributed by atoms with Crippen LogP contribution in [0.25, 0.3) is 0 Å². The predicted octanol–water partition coefficient (Wildman–Crippen LogP) is 1.11.